The molecule has 1 N–H and O–H groups in total. The second-order valence-corrected chi connectivity index (χ2v) is 5.11. The molecule has 1 saturated heterocycles. The molecule has 3 heterocycles. The van der Waals surface area contributed by atoms with E-state index in [9.17, 15) is 4.79 Å². The number of H-pyrrole nitrogens is 1. The third-order valence-electron chi connectivity index (χ3n) is 3.71. The van der Waals surface area contributed by atoms with E-state index in [1.807, 2.05) is 4.90 Å². The van der Waals surface area contributed by atoms with Crippen molar-refractivity contribution in [3.05, 3.63) is 30.5 Å². The Bertz CT molecular complexity index is 595. The number of carbonyl (C=O) groups excluding carboxylic acids is 1. The van der Waals surface area contributed by atoms with E-state index >= 15 is 0 Å². The molecule has 0 radical (unpaired) electrons. The number of amides is 1. The minimum atomic E-state index is 0.151. The second kappa shape index (κ2) is 5.40. The highest BCUT2D eigenvalue weighted by Gasteiger charge is 2.25. The van der Waals surface area contributed by atoms with Gasteiger partial charge < -0.3 is 9.88 Å². The summed E-state index contributed by atoms with van der Waals surface area (Å²) in [5.41, 5.74) is 1.75. The van der Waals surface area contributed by atoms with Gasteiger partial charge in [-0.3, -0.25) is 9.78 Å². The standard InChI is InChI=1S/C14H17N5O/c1-10(20)19-7-2-11(9-19)8-12-13(16-4-3-15-12)14-17-5-6-18-14/h3-6,11H,2,7-9H2,1H3,(H,17,18)/t11-/m0/s1. The van der Waals surface area contributed by atoms with Gasteiger partial charge in [0.1, 0.15) is 5.69 Å². The lowest BCUT2D eigenvalue weighted by Gasteiger charge is -2.14. The summed E-state index contributed by atoms with van der Waals surface area (Å²) in [4.78, 5) is 29.4. The van der Waals surface area contributed by atoms with Gasteiger partial charge in [0.15, 0.2) is 5.82 Å². The Labute approximate surface area is 117 Å². The maximum Gasteiger partial charge on any atom is 0.219 e. The van der Waals surface area contributed by atoms with Crippen LogP contribution in [0, 0.1) is 5.92 Å². The molecule has 0 aliphatic carbocycles. The number of imidazole rings is 1. The zero-order valence-corrected chi connectivity index (χ0v) is 11.4. The Hall–Kier alpha value is -2.24. The lowest BCUT2D eigenvalue weighted by molar-refractivity contribution is -0.127. The molecule has 20 heavy (non-hydrogen) atoms. The van der Waals surface area contributed by atoms with Crippen LogP contribution >= 0.6 is 0 Å². The van der Waals surface area contributed by atoms with Crippen LogP contribution in [-0.4, -0.2) is 43.8 Å². The minimum Gasteiger partial charge on any atom is -0.343 e. The molecule has 6 nitrogen and oxygen atoms in total. The van der Waals surface area contributed by atoms with Crippen LogP contribution in [0.4, 0.5) is 0 Å². The maximum absolute atomic E-state index is 11.4. The van der Waals surface area contributed by atoms with E-state index in [2.05, 4.69) is 19.9 Å². The van der Waals surface area contributed by atoms with Crippen molar-refractivity contribution in [2.24, 2.45) is 5.92 Å². The number of aromatic nitrogens is 4. The van der Waals surface area contributed by atoms with Gasteiger partial charge in [-0.1, -0.05) is 0 Å². The quantitative estimate of drug-likeness (QED) is 0.912. The SMILES string of the molecule is CC(=O)N1CC[C@@H](Cc2nccnc2-c2ncc[nH]2)C1. The Balaban J connectivity index is 1.77. The average Bonchev–Trinajstić information content (AvgIpc) is 3.10. The zero-order valence-electron chi connectivity index (χ0n) is 11.4. The van der Waals surface area contributed by atoms with E-state index < -0.39 is 0 Å². The highest BCUT2D eigenvalue weighted by molar-refractivity contribution is 5.73. The molecule has 1 aliphatic heterocycles. The van der Waals surface area contributed by atoms with Crippen molar-refractivity contribution in [2.75, 3.05) is 13.1 Å². The molecular weight excluding hydrogens is 254 g/mol. The molecular formula is C14H17N5O. The molecule has 0 aromatic carbocycles. The monoisotopic (exact) mass is 271 g/mol. The Morgan fingerprint density at radius 3 is 2.90 bits per heavy atom. The van der Waals surface area contributed by atoms with E-state index in [4.69, 9.17) is 0 Å². The average molecular weight is 271 g/mol. The lowest BCUT2D eigenvalue weighted by Crippen LogP contribution is -2.26. The van der Waals surface area contributed by atoms with Gasteiger partial charge in [0, 0.05) is 44.8 Å². The number of likely N-dealkylation sites (tertiary alicyclic amines) is 1. The molecule has 6 heteroatoms. The number of rotatable bonds is 3. The smallest absolute Gasteiger partial charge is 0.219 e. The van der Waals surface area contributed by atoms with Crippen molar-refractivity contribution in [3.63, 3.8) is 0 Å². The van der Waals surface area contributed by atoms with Crippen LogP contribution < -0.4 is 0 Å². The fourth-order valence-corrected chi connectivity index (χ4v) is 2.67. The first-order chi connectivity index (χ1) is 9.74. The Morgan fingerprint density at radius 1 is 1.35 bits per heavy atom. The third kappa shape index (κ3) is 2.54. The third-order valence-corrected chi connectivity index (χ3v) is 3.71. The highest BCUT2D eigenvalue weighted by Crippen LogP contribution is 2.24. The molecule has 1 atom stereocenters. The van der Waals surface area contributed by atoms with Crippen molar-refractivity contribution >= 4 is 5.91 Å². The van der Waals surface area contributed by atoms with E-state index in [1.165, 1.54) is 0 Å². The zero-order chi connectivity index (χ0) is 13.9. The van der Waals surface area contributed by atoms with Crippen molar-refractivity contribution in [2.45, 2.75) is 19.8 Å². The normalized spacial score (nSPS) is 18.4. The van der Waals surface area contributed by atoms with Crippen LogP contribution in [0.5, 0.6) is 0 Å². The lowest BCUT2D eigenvalue weighted by atomic mass is 10.0. The molecule has 0 bridgehead atoms. The summed E-state index contributed by atoms with van der Waals surface area (Å²) in [5.74, 6) is 1.34. The maximum atomic E-state index is 11.4. The molecule has 1 fully saturated rings. The summed E-state index contributed by atoms with van der Waals surface area (Å²) in [5, 5.41) is 0. The van der Waals surface area contributed by atoms with E-state index in [0.717, 1.165) is 43.1 Å². The number of carbonyl (C=O) groups is 1. The molecule has 2 aromatic heterocycles. The Kier molecular flexibility index (Phi) is 3.45. The summed E-state index contributed by atoms with van der Waals surface area (Å²) in [7, 11) is 0. The van der Waals surface area contributed by atoms with Crippen LogP contribution in [0.1, 0.15) is 19.0 Å². The fourth-order valence-electron chi connectivity index (χ4n) is 2.67. The summed E-state index contributed by atoms with van der Waals surface area (Å²) in [6.07, 6.45) is 8.72. The van der Waals surface area contributed by atoms with Gasteiger partial charge >= 0.3 is 0 Å². The molecule has 0 saturated carbocycles. The molecule has 3 rings (SSSR count). The van der Waals surface area contributed by atoms with Gasteiger partial charge in [0.05, 0.1) is 5.69 Å². The van der Waals surface area contributed by atoms with Gasteiger partial charge in [-0.2, -0.15) is 0 Å². The van der Waals surface area contributed by atoms with Crippen LogP contribution in [0.15, 0.2) is 24.8 Å². The number of hydrogen-bond donors (Lipinski definition) is 1. The number of aromatic amines is 1. The fraction of sp³-hybridized carbons (Fsp3) is 0.429. The van der Waals surface area contributed by atoms with E-state index in [1.54, 1.807) is 31.7 Å². The van der Waals surface area contributed by atoms with E-state index in [-0.39, 0.29) is 5.91 Å². The largest absolute Gasteiger partial charge is 0.343 e. The summed E-state index contributed by atoms with van der Waals surface area (Å²) in [6, 6.07) is 0. The first-order valence-corrected chi connectivity index (χ1v) is 6.79. The second-order valence-electron chi connectivity index (χ2n) is 5.11. The van der Waals surface area contributed by atoms with Crippen LogP contribution in [0.2, 0.25) is 0 Å². The van der Waals surface area contributed by atoms with Crippen LogP contribution in [0.25, 0.3) is 11.5 Å². The number of nitrogens with zero attached hydrogens (tertiary/aromatic N) is 4. The van der Waals surface area contributed by atoms with Gasteiger partial charge in [-0.25, -0.2) is 9.97 Å². The first-order valence-electron chi connectivity index (χ1n) is 6.79. The molecule has 104 valence electrons. The molecule has 1 amide bonds. The highest BCUT2D eigenvalue weighted by atomic mass is 16.2. The molecule has 0 unspecified atom stereocenters. The Morgan fingerprint density at radius 2 is 2.20 bits per heavy atom. The van der Waals surface area contributed by atoms with Gasteiger partial charge in [0.2, 0.25) is 5.91 Å². The van der Waals surface area contributed by atoms with Crippen molar-refractivity contribution in [3.8, 4) is 11.5 Å². The van der Waals surface area contributed by atoms with Crippen LogP contribution in [-0.2, 0) is 11.2 Å². The van der Waals surface area contributed by atoms with Crippen LogP contribution in [0.3, 0.4) is 0 Å². The molecule has 1 aliphatic rings. The van der Waals surface area contributed by atoms with Crippen molar-refractivity contribution in [1.82, 2.24) is 24.8 Å². The van der Waals surface area contributed by atoms with E-state index in [0.29, 0.717) is 5.92 Å². The van der Waals surface area contributed by atoms with Gasteiger partial charge in [-0.05, 0) is 18.8 Å². The number of hydrogen-bond acceptors (Lipinski definition) is 4. The molecule has 0 spiro atoms. The van der Waals surface area contributed by atoms with Gasteiger partial charge in [-0.15, -0.1) is 0 Å². The minimum absolute atomic E-state index is 0.151. The topological polar surface area (TPSA) is 74.8 Å². The first kappa shape index (κ1) is 12.8. The predicted molar refractivity (Wildman–Crippen MR) is 73.7 cm³/mol. The molecule has 2 aromatic rings. The summed E-state index contributed by atoms with van der Waals surface area (Å²) in [6.45, 7) is 3.28. The van der Waals surface area contributed by atoms with Gasteiger partial charge in [0.25, 0.3) is 0 Å². The van der Waals surface area contributed by atoms with Crippen molar-refractivity contribution in [1.29, 1.82) is 0 Å². The number of nitrogens with one attached hydrogen (secondary N) is 1. The summed E-state index contributed by atoms with van der Waals surface area (Å²) < 4.78 is 0. The predicted octanol–water partition coefficient (Wildman–Crippen LogP) is 1.28. The summed E-state index contributed by atoms with van der Waals surface area (Å²) >= 11 is 0. The van der Waals surface area contributed by atoms with Crippen molar-refractivity contribution < 1.29 is 4.79 Å².